The molecule has 8 atom stereocenters. The van der Waals surface area contributed by atoms with Gasteiger partial charge >= 0.3 is 11.9 Å². The van der Waals surface area contributed by atoms with Gasteiger partial charge in [-0.1, -0.05) is 29.8 Å². The van der Waals surface area contributed by atoms with Gasteiger partial charge in [-0.15, -0.1) is 0 Å². The molecule has 6 aliphatic rings. The van der Waals surface area contributed by atoms with Crippen LogP contribution in [-0.4, -0.2) is 83.1 Å². The van der Waals surface area contributed by atoms with Crippen molar-refractivity contribution in [1.29, 1.82) is 0 Å². The lowest BCUT2D eigenvalue weighted by atomic mass is 9.58. The van der Waals surface area contributed by atoms with Crippen LogP contribution >= 0.6 is 0 Å². The van der Waals surface area contributed by atoms with Gasteiger partial charge in [-0.2, -0.15) is 0 Å². The fourth-order valence-electron chi connectivity index (χ4n) is 9.51. The number of hydrogen-bond donors (Lipinski definition) is 0. The second kappa shape index (κ2) is 8.89. The summed E-state index contributed by atoms with van der Waals surface area (Å²) in [7, 11) is 8.13. The summed E-state index contributed by atoms with van der Waals surface area (Å²) in [5.41, 5.74) is 2.14. The molecule has 3 unspecified atom stereocenters. The third-order valence-electron chi connectivity index (χ3n) is 10.8. The molecule has 41 heavy (non-hydrogen) atoms. The minimum absolute atomic E-state index is 0.0452. The minimum atomic E-state index is -1.03. The van der Waals surface area contributed by atoms with Crippen LogP contribution in [0.25, 0.3) is 0 Å². The summed E-state index contributed by atoms with van der Waals surface area (Å²) in [5, 5.41) is 0. The van der Waals surface area contributed by atoms with E-state index in [4.69, 9.17) is 23.7 Å². The highest BCUT2D eigenvalue weighted by molar-refractivity contribution is 5.93. The number of carbonyl (C=O) groups is 2. The summed E-state index contributed by atoms with van der Waals surface area (Å²) in [5.74, 6) is 0.180. The second-order valence-electron chi connectivity index (χ2n) is 11.8. The second-order valence-corrected chi connectivity index (χ2v) is 11.8. The van der Waals surface area contributed by atoms with Gasteiger partial charge < -0.3 is 28.6 Å². The van der Waals surface area contributed by atoms with Gasteiger partial charge in [0.25, 0.3) is 0 Å². The van der Waals surface area contributed by atoms with Crippen molar-refractivity contribution < 1.29 is 33.3 Å². The smallest absolute Gasteiger partial charge is 0.338 e. The molecule has 2 aromatic rings. The number of nitrogens with zero attached hydrogens (tertiary/aromatic N) is 2. The highest BCUT2D eigenvalue weighted by atomic mass is 16.6. The van der Waals surface area contributed by atoms with Crippen molar-refractivity contribution in [2.45, 2.75) is 49.4 Å². The maximum Gasteiger partial charge on any atom is 0.338 e. The van der Waals surface area contributed by atoms with E-state index in [1.54, 1.807) is 12.1 Å². The highest BCUT2D eigenvalue weighted by Crippen LogP contribution is 2.73. The predicted octanol–water partition coefficient (Wildman–Crippen LogP) is 3.59. The van der Waals surface area contributed by atoms with Crippen molar-refractivity contribution >= 4 is 17.6 Å². The SMILES string of the molecule is C/C=C1/CN2[C@H]3CC45c6ccccc6N(C)[C@@H]4[C@@H]2C[C@@H]1C3(C(=O)OC)[C@H]5OC(=O)c1cc(OC)c(OC)c(OC)c1. The van der Waals surface area contributed by atoms with Crippen molar-refractivity contribution in [1.82, 2.24) is 4.90 Å². The summed E-state index contributed by atoms with van der Waals surface area (Å²) in [6, 6.07) is 11.7. The van der Waals surface area contributed by atoms with Gasteiger partial charge in [-0.05, 0) is 43.5 Å². The number of piperidine rings is 4. The van der Waals surface area contributed by atoms with E-state index in [0.29, 0.717) is 23.7 Å². The van der Waals surface area contributed by atoms with Crippen LogP contribution in [0.3, 0.4) is 0 Å². The molecule has 1 aliphatic carbocycles. The first-order valence-electron chi connectivity index (χ1n) is 14.2. The minimum Gasteiger partial charge on any atom is -0.493 e. The van der Waals surface area contributed by atoms with E-state index in [1.165, 1.54) is 34.0 Å². The summed E-state index contributed by atoms with van der Waals surface area (Å²) in [6.45, 7) is 2.85. The van der Waals surface area contributed by atoms with Gasteiger partial charge in [-0.3, -0.25) is 9.69 Å². The molecule has 4 saturated heterocycles. The Bertz CT molecular complexity index is 1460. The number of allylic oxidation sites excluding steroid dienone is 1. The standard InChI is InChI=1S/C32H36N2O7/c1-7-17-16-34-22-14-20(17)32(30(36)40-6)25(34)15-31(19-10-8-9-11-21(19)33(2)27(22)31)29(32)41-28(35)18-12-23(37-3)26(39-5)24(13-18)38-4/h7-13,20,22,25,27,29H,14-16H2,1-6H3/b17-7-/t20-,22-,25-,27+,29-,31?,32?/m0/s1. The molecule has 5 heterocycles. The Morgan fingerprint density at radius 3 is 2.37 bits per heavy atom. The van der Waals surface area contributed by atoms with Gasteiger partial charge in [0.2, 0.25) is 5.75 Å². The lowest BCUT2D eigenvalue weighted by Gasteiger charge is -2.61. The number of benzene rings is 2. The molecule has 216 valence electrons. The maximum absolute atomic E-state index is 14.2. The van der Waals surface area contributed by atoms with Crippen molar-refractivity contribution in [3.63, 3.8) is 0 Å². The van der Waals surface area contributed by atoms with Crippen molar-refractivity contribution in [2.24, 2.45) is 11.3 Å². The predicted molar refractivity (Wildman–Crippen MR) is 151 cm³/mol. The van der Waals surface area contributed by atoms with E-state index < -0.39 is 22.9 Å². The Hall–Kier alpha value is -3.72. The quantitative estimate of drug-likeness (QED) is 0.389. The molecular weight excluding hydrogens is 524 g/mol. The van der Waals surface area contributed by atoms with E-state index >= 15 is 0 Å². The molecule has 9 nitrogen and oxygen atoms in total. The monoisotopic (exact) mass is 560 g/mol. The molecule has 0 N–H and O–H groups in total. The Kier molecular flexibility index (Phi) is 5.68. The number of likely N-dealkylation sites (N-methyl/N-ethyl adjacent to an activating group) is 1. The molecule has 1 spiro atoms. The van der Waals surface area contributed by atoms with Gasteiger partial charge in [0.15, 0.2) is 11.5 Å². The van der Waals surface area contributed by atoms with E-state index in [0.717, 1.165) is 24.2 Å². The van der Waals surface area contributed by atoms with Crippen LogP contribution in [0.1, 0.15) is 35.7 Å². The number of methoxy groups -OCH3 is 4. The molecule has 5 fully saturated rings. The Balaban J connectivity index is 1.44. The van der Waals surface area contributed by atoms with Crippen LogP contribution in [0, 0.1) is 11.3 Å². The fourth-order valence-corrected chi connectivity index (χ4v) is 9.51. The van der Waals surface area contributed by atoms with Crippen molar-refractivity contribution in [3.8, 4) is 17.2 Å². The highest BCUT2D eigenvalue weighted by Gasteiger charge is 2.84. The lowest BCUT2D eigenvalue weighted by molar-refractivity contribution is -0.180. The molecule has 1 saturated carbocycles. The molecule has 9 heteroatoms. The van der Waals surface area contributed by atoms with Crippen LogP contribution in [-0.2, 0) is 19.7 Å². The fraction of sp³-hybridized carbons (Fsp3) is 0.500. The zero-order valence-corrected chi connectivity index (χ0v) is 24.3. The van der Waals surface area contributed by atoms with Crippen LogP contribution in [0.4, 0.5) is 5.69 Å². The molecule has 5 aliphatic heterocycles. The number of ether oxygens (including phenoxy) is 5. The topological polar surface area (TPSA) is 86.8 Å². The third-order valence-corrected chi connectivity index (χ3v) is 10.8. The first-order chi connectivity index (χ1) is 19.8. The van der Waals surface area contributed by atoms with Gasteiger partial charge in [-0.25, -0.2) is 4.79 Å². The van der Waals surface area contributed by atoms with Crippen molar-refractivity contribution in [2.75, 3.05) is 46.9 Å². The number of carbonyl (C=O) groups excluding carboxylic acids is 2. The van der Waals surface area contributed by atoms with Gasteiger partial charge in [0.05, 0.1) is 45.5 Å². The maximum atomic E-state index is 14.2. The molecular formula is C32H36N2O7. The Morgan fingerprint density at radius 1 is 1.02 bits per heavy atom. The van der Waals surface area contributed by atoms with Crippen LogP contribution in [0.5, 0.6) is 17.2 Å². The number of esters is 2. The average Bonchev–Trinajstić information content (AvgIpc) is 3.40. The van der Waals surface area contributed by atoms with Gasteiger partial charge in [0.1, 0.15) is 11.5 Å². The van der Waals surface area contributed by atoms with Gasteiger partial charge in [0, 0.05) is 37.3 Å². The van der Waals surface area contributed by atoms with E-state index in [9.17, 15) is 9.59 Å². The molecule has 8 rings (SSSR count). The number of fused-ring (bicyclic) bond motifs is 2. The van der Waals surface area contributed by atoms with Crippen LogP contribution < -0.4 is 19.1 Å². The van der Waals surface area contributed by atoms with Crippen LogP contribution in [0.2, 0.25) is 0 Å². The van der Waals surface area contributed by atoms with Crippen LogP contribution in [0.15, 0.2) is 48.0 Å². The average molecular weight is 561 g/mol. The summed E-state index contributed by atoms with van der Waals surface area (Å²) in [4.78, 5) is 33.3. The Labute approximate surface area is 239 Å². The normalized spacial score (nSPS) is 36.1. The summed E-state index contributed by atoms with van der Waals surface area (Å²) < 4.78 is 28.9. The molecule has 2 aromatic carbocycles. The van der Waals surface area contributed by atoms with Crippen molar-refractivity contribution in [3.05, 3.63) is 59.2 Å². The molecule has 0 radical (unpaired) electrons. The number of anilines is 1. The van der Waals surface area contributed by atoms with E-state index in [1.807, 2.05) is 19.1 Å². The first-order valence-corrected chi connectivity index (χ1v) is 14.2. The summed E-state index contributed by atoms with van der Waals surface area (Å²) >= 11 is 0. The largest absolute Gasteiger partial charge is 0.493 e. The van der Waals surface area contributed by atoms with E-state index in [2.05, 4.69) is 35.1 Å². The molecule has 6 bridgehead atoms. The lowest BCUT2D eigenvalue weighted by Crippen LogP contribution is -2.71. The molecule has 0 aromatic heterocycles. The number of para-hydroxylation sites is 1. The third kappa shape index (κ3) is 2.95. The number of rotatable bonds is 6. The Morgan fingerprint density at radius 2 is 1.73 bits per heavy atom. The summed E-state index contributed by atoms with van der Waals surface area (Å²) in [6.07, 6.45) is 2.92. The first kappa shape index (κ1) is 26.2. The number of hydrogen-bond acceptors (Lipinski definition) is 9. The molecule has 0 amide bonds. The zero-order valence-electron chi connectivity index (χ0n) is 24.3. The van der Waals surface area contributed by atoms with E-state index in [-0.39, 0.29) is 35.6 Å². The zero-order chi connectivity index (χ0) is 28.8.